The Morgan fingerprint density at radius 3 is 2.39 bits per heavy atom. The third-order valence-electron chi connectivity index (χ3n) is 4.43. The molecule has 0 unspecified atom stereocenters. The van der Waals surface area contributed by atoms with E-state index in [9.17, 15) is 29.9 Å². The minimum atomic E-state index is -1.18. The van der Waals surface area contributed by atoms with Crippen molar-refractivity contribution in [2.24, 2.45) is 0 Å². The molecule has 1 atom stereocenters. The molecule has 0 aliphatic carbocycles. The quantitative estimate of drug-likeness (QED) is 0.239. The number of carbonyl (C=O) groups is 2. The van der Waals surface area contributed by atoms with Crippen LogP contribution in [0.1, 0.15) is 17.2 Å². The van der Waals surface area contributed by atoms with Gasteiger partial charge in [0.2, 0.25) is 0 Å². The Hall–Kier alpha value is -3.04. The smallest absolute Gasteiger partial charge is 0.295 e. The number of nitro groups is 1. The lowest BCUT2D eigenvalue weighted by atomic mass is 9.94. The van der Waals surface area contributed by atoms with Gasteiger partial charge in [-0.25, -0.2) is 0 Å². The molecule has 0 radical (unpaired) electrons. The van der Waals surface area contributed by atoms with E-state index < -0.39 is 35.0 Å². The predicted octanol–water partition coefficient (Wildman–Crippen LogP) is 2.77. The number of aliphatic hydroxyl groups excluding tert-OH is 2. The molecule has 9 heteroatoms. The zero-order valence-corrected chi connectivity index (χ0v) is 16.0. The molecule has 1 saturated heterocycles. The fraction of sp³-hybridized carbons (Fsp3) is 0.158. The van der Waals surface area contributed by atoms with Crippen molar-refractivity contribution in [2.45, 2.75) is 6.04 Å². The first-order valence-corrected chi connectivity index (χ1v) is 9.04. The van der Waals surface area contributed by atoms with E-state index in [1.807, 2.05) is 0 Å². The van der Waals surface area contributed by atoms with Crippen molar-refractivity contribution in [2.75, 3.05) is 13.2 Å². The third-order valence-corrected chi connectivity index (χ3v) is 4.96. The first kappa shape index (κ1) is 19.7. The van der Waals surface area contributed by atoms with Gasteiger partial charge < -0.3 is 15.1 Å². The van der Waals surface area contributed by atoms with Crippen LogP contribution in [0, 0.1) is 10.1 Å². The summed E-state index contributed by atoms with van der Waals surface area (Å²) in [5, 5.41) is 31.6. The lowest BCUT2D eigenvalue weighted by Crippen LogP contribution is -2.32. The van der Waals surface area contributed by atoms with Crippen LogP contribution in [0.2, 0.25) is 0 Å². The minimum absolute atomic E-state index is 0.0822. The van der Waals surface area contributed by atoms with Gasteiger partial charge >= 0.3 is 0 Å². The maximum absolute atomic E-state index is 12.7. The van der Waals surface area contributed by atoms with Crippen LogP contribution >= 0.6 is 15.9 Å². The summed E-state index contributed by atoms with van der Waals surface area (Å²) in [5.41, 5.74) is -0.179. The monoisotopic (exact) mass is 446 g/mol. The number of benzene rings is 2. The second kappa shape index (κ2) is 7.91. The van der Waals surface area contributed by atoms with Crippen LogP contribution in [0.5, 0.6) is 0 Å². The molecule has 0 bridgehead atoms. The number of aliphatic hydroxyl groups is 2. The van der Waals surface area contributed by atoms with Gasteiger partial charge in [-0.2, -0.15) is 0 Å². The molecule has 1 amide bonds. The summed E-state index contributed by atoms with van der Waals surface area (Å²) >= 11 is 3.27. The molecular weight excluding hydrogens is 432 g/mol. The second-order valence-electron chi connectivity index (χ2n) is 6.04. The normalized spacial score (nSPS) is 18.5. The second-order valence-corrected chi connectivity index (χ2v) is 6.95. The summed E-state index contributed by atoms with van der Waals surface area (Å²) in [6.45, 7) is -0.652. The molecule has 2 N–H and O–H groups in total. The first-order valence-electron chi connectivity index (χ1n) is 8.25. The zero-order valence-electron chi connectivity index (χ0n) is 14.4. The number of nitrogens with zero attached hydrogens (tertiary/aromatic N) is 2. The summed E-state index contributed by atoms with van der Waals surface area (Å²) in [7, 11) is 0. The Kier molecular flexibility index (Phi) is 5.57. The fourth-order valence-corrected chi connectivity index (χ4v) is 3.45. The highest BCUT2D eigenvalue weighted by Gasteiger charge is 2.47. The summed E-state index contributed by atoms with van der Waals surface area (Å²) in [4.78, 5) is 37.1. The standard InChI is InChI=1S/C19H15BrN2O6/c20-12-7-5-11(6-8-12)17(24)15-16(21(9-10-23)19(26)18(15)25)13-3-1-2-4-14(13)22(27)28/h1-8,16,23-24H,9-10H2/b17-15+/t16-/m1/s1. The van der Waals surface area contributed by atoms with E-state index in [-0.39, 0.29) is 28.9 Å². The number of halogens is 1. The summed E-state index contributed by atoms with van der Waals surface area (Å²) in [6.07, 6.45) is 0. The zero-order chi connectivity index (χ0) is 20.4. The van der Waals surface area contributed by atoms with Gasteiger partial charge in [0.25, 0.3) is 17.4 Å². The number of hydrogen-bond donors (Lipinski definition) is 2. The van der Waals surface area contributed by atoms with E-state index in [1.54, 1.807) is 30.3 Å². The van der Waals surface area contributed by atoms with Crippen LogP contribution < -0.4 is 0 Å². The van der Waals surface area contributed by atoms with Gasteiger partial charge in [-0.3, -0.25) is 19.7 Å². The predicted molar refractivity (Wildman–Crippen MR) is 103 cm³/mol. The van der Waals surface area contributed by atoms with Crippen LogP contribution in [0.3, 0.4) is 0 Å². The fourth-order valence-electron chi connectivity index (χ4n) is 3.19. The molecule has 0 saturated carbocycles. The molecule has 2 aromatic carbocycles. The number of rotatable bonds is 5. The molecule has 0 spiro atoms. The van der Waals surface area contributed by atoms with E-state index in [4.69, 9.17) is 0 Å². The van der Waals surface area contributed by atoms with Crippen molar-refractivity contribution in [3.05, 3.63) is 79.8 Å². The molecule has 8 nitrogen and oxygen atoms in total. The highest BCUT2D eigenvalue weighted by molar-refractivity contribution is 9.10. The minimum Gasteiger partial charge on any atom is -0.507 e. The van der Waals surface area contributed by atoms with Crippen LogP contribution in [0.25, 0.3) is 5.76 Å². The molecule has 1 aliphatic rings. The van der Waals surface area contributed by atoms with E-state index in [0.717, 1.165) is 9.37 Å². The largest absolute Gasteiger partial charge is 0.507 e. The molecule has 2 aromatic rings. The number of ketones is 1. The highest BCUT2D eigenvalue weighted by atomic mass is 79.9. The van der Waals surface area contributed by atoms with Gasteiger partial charge in [0.05, 0.1) is 28.7 Å². The summed E-state index contributed by atoms with van der Waals surface area (Å²) in [5.74, 6) is -2.33. The average Bonchev–Trinajstić information content (AvgIpc) is 2.93. The summed E-state index contributed by atoms with van der Waals surface area (Å²) < 4.78 is 0.750. The van der Waals surface area contributed by atoms with Crippen LogP contribution in [-0.4, -0.2) is 44.9 Å². The number of nitro benzene ring substituents is 1. The maximum atomic E-state index is 12.7. The maximum Gasteiger partial charge on any atom is 0.295 e. The SMILES string of the molecule is O=C1C(=O)N(CCO)[C@H](c2ccccc2[N+](=O)[O-])/C1=C(\O)c1ccc(Br)cc1. The number of amides is 1. The van der Waals surface area contributed by atoms with Gasteiger partial charge in [-0.1, -0.05) is 40.2 Å². The van der Waals surface area contributed by atoms with Crippen LogP contribution in [0.15, 0.2) is 58.6 Å². The Bertz CT molecular complexity index is 986. The van der Waals surface area contributed by atoms with Gasteiger partial charge in [0, 0.05) is 22.6 Å². The van der Waals surface area contributed by atoms with Crippen LogP contribution in [-0.2, 0) is 9.59 Å². The number of β-amino-alcohol motifs (C(OH)–C–C–N with tert-alkyl or cyclic N) is 1. The number of likely N-dealkylation sites (tertiary alicyclic amines) is 1. The molecule has 144 valence electrons. The Morgan fingerprint density at radius 1 is 1.14 bits per heavy atom. The number of para-hydroxylation sites is 1. The van der Waals surface area contributed by atoms with Crippen molar-refractivity contribution >= 4 is 39.1 Å². The molecule has 28 heavy (non-hydrogen) atoms. The van der Waals surface area contributed by atoms with Crippen molar-refractivity contribution in [1.82, 2.24) is 4.90 Å². The molecular formula is C19H15BrN2O6. The van der Waals surface area contributed by atoms with Crippen LogP contribution in [0.4, 0.5) is 5.69 Å². The van der Waals surface area contributed by atoms with E-state index in [1.165, 1.54) is 18.2 Å². The van der Waals surface area contributed by atoms with Gasteiger partial charge in [0.15, 0.2) is 0 Å². The van der Waals surface area contributed by atoms with Gasteiger partial charge in [0.1, 0.15) is 5.76 Å². The topological polar surface area (TPSA) is 121 Å². The van der Waals surface area contributed by atoms with Crippen molar-refractivity contribution in [1.29, 1.82) is 0 Å². The number of Topliss-reactive ketones (excluding diaryl/α,β-unsaturated/α-hetero) is 1. The van der Waals surface area contributed by atoms with Gasteiger partial charge in [-0.15, -0.1) is 0 Å². The third kappa shape index (κ3) is 3.41. The van der Waals surface area contributed by atoms with E-state index in [2.05, 4.69) is 15.9 Å². The Labute approximate surface area is 168 Å². The lowest BCUT2D eigenvalue weighted by molar-refractivity contribution is -0.385. The van der Waals surface area contributed by atoms with Gasteiger partial charge in [-0.05, 0) is 18.2 Å². The highest BCUT2D eigenvalue weighted by Crippen LogP contribution is 2.42. The molecule has 1 aliphatic heterocycles. The summed E-state index contributed by atoms with van der Waals surface area (Å²) in [6, 6.07) is 10.9. The van der Waals surface area contributed by atoms with Crippen molar-refractivity contribution < 1.29 is 24.7 Å². The molecule has 3 rings (SSSR count). The molecule has 0 aromatic heterocycles. The Balaban J connectivity index is 2.26. The Morgan fingerprint density at radius 2 is 1.79 bits per heavy atom. The van der Waals surface area contributed by atoms with E-state index >= 15 is 0 Å². The molecule has 1 fully saturated rings. The van der Waals surface area contributed by atoms with Crippen molar-refractivity contribution in [3.8, 4) is 0 Å². The first-order chi connectivity index (χ1) is 13.4. The lowest BCUT2D eigenvalue weighted by Gasteiger charge is -2.24. The number of carbonyl (C=O) groups excluding carboxylic acids is 2. The number of hydrogen-bond acceptors (Lipinski definition) is 6. The average molecular weight is 447 g/mol. The molecule has 1 heterocycles. The van der Waals surface area contributed by atoms with Crippen molar-refractivity contribution in [3.63, 3.8) is 0 Å². The van der Waals surface area contributed by atoms with E-state index in [0.29, 0.717) is 0 Å².